The van der Waals surface area contributed by atoms with Crippen molar-refractivity contribution in [2.24, 2.45) is 0 Å². The van der Waals surface area contributed by atoms with E-state index in [-0.39, 0.29) is 6.61 Å². The first kappa shape index (κ1) is 12.5. The molecule has 2 rings (SSSR count). The summed E-state index contributed by atoms with van der Waals surface area (Å²) in [5, 5.41) is 18.7. The molecule has 1 aliphatic rings. The highest BCUT2D eigenvalue weighted by Gasteiger charge is 2.43. The number of hydrogen-bond acceptors (Lipinski definition) is 5. The average molecular weight is 307 g/mol. The van der Waals surface area contributed by atoms with E-state index < -0.39 is 34.5 Å². The Morgan fingerprint density at radius 1 is 1.53 bits per heavy atom. The average Bonchev–Trinajstić information content (AvgIpc) is 2.57. The molecule has 0 aliphatic carbocycles. The summed E-state index contributed by atoms with van der Waals surface area (Å²) in [7, 11) is 0. The van der Waals surface area contributed by atoms with Crippen molar-refractivity contribution in [3.63, 3.8) is 0 Å². The van der Waals surface area contributed by atoms with Crippen molar-refractivity contribution in [2.45, 2.75) is 23.3 Å². The van der Waals surface area contributed by atoms with E-state index in [9.17, 15) is 14.7 Å². The summed E-state index contributed by atoms with van der Waals surface area (Å²) in [5.74, 6) is 0. The number of hydrogen-bond donors (Lipinski definition) is 3. The lowest BCUT2D eigenvalue weighted by Crippen LogP contribution is -2.35. The van der Waals surface area contributed by atoms with Crippen LogP contribution in [0.25, 0.3) is 0 Å². The zero-order valence-corrected chi connectivity index (χ0v) is 10.2. The van der Waals surface area contributed by atoms with Crippen LogP contribution in [0.2, 0.25) is 0 Å². The quantitative estimate of drug-likeness (QED) is 0.580. The predicted octanol–water partition coefficient (Wildman–Crippen LogP) is -1.45. The molecule has 0 aromatic carbocycles. The third kappa shape index (κ3) is 2.21. The Hall–Kier alpha value is -0.960. The fraction of sp³-hybridized carbons (Fsp3) is 0.556. The highest BCUT2D eigenvalue weighted by molar-refractivity contribution is 9.09. The fourth-order valence-corrected chi connectivity index (χ4v) is 2.43. The lowest BCUT2D eigenvalue weighted by atomic mass is 10.2. The molecule has 0 radical (unpaired) electrons. The van der Waals surface area contributed by atoms with Gasteiger partial charge in [0.25, 0.3) is 5.56 Å². The molecule has 0 amide bonds. The SMILES string of the molecule is O=c1ccn([C@H]2O[C@@H](CO)[C@@H](O)[C@@H]2Br)c(=O)[nH]1. The zero-order valence-electron chi connectivity index (χ0n) is 8.62. The number of aliphatic hydroxyl groups is 2. The molecule has 8 heteroatoms. The van der Waals surface area contributed by atoms with E-state index >= 15 is 0 Å². The first-order chi connectivity index (χ1) is 8.04. The smallest absolute Gasteiger partial charge is 0.330 e. The number of nitrogens with zero attached hydrogens (tertiary/aromatic N) is 1. The maximum absolute atomic E-state index is 11.5. The molecule has 1 fully saturated rings. The Bertz CT molecular complexity index is 513. The first-order valence-corrected chi connectivity index (χ1v) is 5.86. The minimum Gasteiger partial charge on any atom is -0.394 e. The van der Waals surface area contributed by atoms with Crippen molar-refractivity contribution in [2.75, 3.05) is 6.61 Å². The van der Waals surface area contributed by atoms with Crippen LogP contribution in [0.15, 0.2) is 21.9 Å². The Morgan fingerprint density at radius 3 is 2.76 bits per heavy atom. The molecule has 4 atom stereocenters. The van der Waals surface area contributed by atoms with Crippen LogP contribution in [0, 0.1) is 0 Å². The predicted molar refractivity (Wildman–Crippen MR) is 61.0 cm³/mol. The molecule has 3 N–H and O–H groups in total. The molecule has 0 unspecified atom stereocenters. The van der Waals surface area contributed by atoms with Crippen LogP contribution < -0.4 is 11.2 Å². The first-order valence-electron chi connectivity index (χ1n) is 4.94. The van der Waals surface area contributed by atoms with E-state index in [1.807, 2.05) is 0 Å². The van der Waals surface area contributed by atoms with E-state index in [1.165, 1.54) is 12.3 Å². The number of H-pyrrole nitrogens is 1. The number of aromatic nitrogens is 2. The second kappa shape index (κ2) is 4.73. The molecule has 2 heterocycles. The van der Waals surface area contributed by atoms with Gasteiger partial charge in [0.15, 0.2) is 6.23 Å². The number of alkyl halides is 1. The summed E-state index contributed by atoms with van der Waals surface area (Å²) >= 11 is 3.20. The Kier molecular flexibility index (Phi) is 3.48. The van der Waals surface area contributed by atoms with Crippen molar-refractivity contribution in [1.82, 2.24) is 9.55 Å². The van der Waals surface area contributed by atoms with Gasteiger partial charge in [-0.05, 0) is 0 Å². The molecule has 1 saturated heterocycles. The van der Waals surface area contributed by atoms with Gasteiger partial charge in [0, 0.05) is 12.3 Å². The standard InChI is InChI=1S/C9H11BrN2O5/c10-6-7(15)4(3-13)17-8(6)12-2-1-5(14)11-9(12)16/h1-2,4,6-8,13,15H,3H2,(H,11,14,16)/t4-,6-,7+,8-/m0/s1. The van der Waals surface area contributed by atoms with Gasteiger partial charge in [0.2, 0.25) is 0 Å². The highest BCUT2D eigenvalue weighted by Crippen LogP contribution is 2.33. The van der Waals surface area contributed by atoms with Gasteiger partial charge in [-0.1, -0.05) is 15.9 Å². The van der Waals surface area contributed by atoms with Gasteiger partial charge < -0.3 is 14.9 Å². The summed E-state index contributed by atoms with van der Waals surface area (Å²) in [6.07, 6.45) is -1.18. The zero-order chi connectivity index (χ0) is 12.6. The lowest BCUT2D eigenvalue weighted by molar-refractivity contribution is -0.0456. The molecule has 1 aliphatic heterocycles. The summed E-state index contributed by atoms with van der Waals surface area (Å²) < 4.78 is 6.49. The molecule has 94 valence electrons. The number of nitrogens with one attached hydrogen (secondary N) is 1. The van der Waals surface area contributed by atoms with Gasteiger partial charge in [-0.15, -0.1) is 0 Å². The summed E-state index contributed by atoms with van der Waals surface area (Å²) in [6, 6.07) is 1.18. The molecular weight excluding hydrogens is 296 g/mol. The third-order valence-corrected chi connectivity index (χ3v) is 3.59. The van der Waals surface area contributed by atoms with Gasteiger partial charge in [0.05, 0.1) is 17.5 Å². The van der Waals surface area contributed by atoms with Crippen molar-refractivity contribution < 1.29 is 14.9 Å². The van der Waals surface area contributed by atoms with Crippen molar-refractivity contribution in [3.05, 3.63) is 33.1 Å². The number of aromatic amines is 1. The van der Waals surface area contributed by atoms with Gasteiger partial charge in [-0.2, -0.15) is 0 Å². The summed E-state index contributed by atoms with van der Waals surface area (Å²) in [4.78, 5) is 24.0. The molecule has 0 bridgehead atoms. The number of aliphatic hydroxyl groups excluding tert-OH is 2. The minimum absolute atomic E-state index is 0.349. The van der Waals surface area contributed by atoms with Crippen LogP contribution in [-0.2, 0) is 4.74 Å². The molecule has 1 aromatic rings. The van der Waals surface area contributed by atoms with E-state index in [0.29, 0.717) is 0 Å². The van der Waals surface area contributed by atoms with Gasteiger partial charge in [-0.25, -0.2) is 4.79 Å². The molecule has 1 aromatic heterocycles. The summed E-state index contributed by atoms with van der Waals surface area (Å²) in [6.45, 7) is -0.349. The van der Waals surface area contributed by atoms with Crippen LogP contribution in [0.4, 0.5) is 0 Å². The molecule has 0 saturated carbocycles. The highest BCUT2D eigenvalue weighted by atomic mass is 79.9. The summed E-state index contributed by atoms with van der Waals surface area (Å²) in [5.41, 5.74) is -1.13. The molecule has 17 heavy (non-hydrogen) atoms. The van der Waals surface area contributed by atoms with Gasteiger partial charge >= 0.3 is 5.69 Å². The monoisotopic (exact) mass is 306 g/mol. The van der Waals surface area contributed by atoms with Crippen molar-refractivity contribution >= 4 is 15.9 Å². The van der Waals surface area contributed by atoms with Crippen LogP contribution in [0.3, 0.4) is 0 Å². The van der Waals surface area contributed by atoms with E-state index in [0.717, 1.165) is 4.57 Å². The molecular formula is C9H11BrN2O5. The van der Waals surface area contributed by atoms with Gasteiger partial charge in [0.1, 0.15) is 6.10 Å². The maximum atomic E-state index is 11.5. The second-order valence-electron chi connectivity index (χ2n) is 3.70. The van der Waals surface area contributed by atoms with Crippen LogP contribution in [0.5, 0.6) is 0 Å². The minimum atomic E-state index is -0.927. The van der Waals surface area contributed by atoms with E-state index in [4.69, 9.17) is 9.84 Å². The third-order valence-electron chi connectivity index (χ3n) is 2.60. The normalized spacial score (nSPS) is 32.9. The Morgan fingerprint density at radius 2 is 2.24 bits per heavy atom. The van der Waals surface area contributed by atoms with E-state index in [2.05, 4.69) is 20.9 Å². The fourth-order valence-electron chi connectivity index (χ4n) is 1.71. The Labute approximate surface area is 104 Å². The van der Waals surface area contributed by atoms with Gasteiger partial charge in [-0.3, -0.25) is 14.3 Å². The van der Waals surface area contributed by atoms with Crippen LogP contribution in [-0.4, -0.2) is 43.4 Å². The number of rotatable bonds is 2. The van der Waals surface area contributed by atoms with Crippen LogP contribution >= 0.6 is 15.9 Å². The maximum Gasteiger partial charge on any atom is 0.330 e. The topological polar surface area (TPSA) is 105 Å². The van der Waals surface area contributed by atoms with Crippen molar-refractivity contribution in [3.8, 4) is 0 Å². The largest absolute Gasteiger partial charge is 0.394 e. The number of halogens is 1. The molecule has 7 nitrogen and oxygen atoms in total. The van der Waals surface area contributed by atoms with Crippen molar-refractivity contribution in [1.29, 1.82) is 0 Å². The van der Waals surface area contributed by atoms with Crippen LogP contribution in [0.1, 0.15) is 6.23 Å². The lowest BCUT2D eigenvalue weighted by Gasteiger charge is -2.16. The Balaban J connectivity index is 2.35. The molecule has 0 spiro atoms. The number of ether oxygens (including phenoxy) is 1. The van der Waals surface area contributed by atoms with E-state index in [1.54, 1.807) is 0 Å². The second-order valence-corrected chi connectivity index (χ2v) is 4.76.